The van der Waals surface area contributed by atoms with E-state index in [0.29, 0.717) is 12.8 Å². The Kier molecular flexibility index (Phi) is 3.96. The van der Waals surface area contributed by atoms with E-state index in [1.165, 1.54) is 4.88 Å². The molecule has 0 fully saturated rings. The number of hydrazone groups is 1. The van der Waals surface area contributed by atoms with Gasteiger partial charge in [0, 0.05) is 36.6 Å². The Morgan fingerprint density at radius 2 is 2.10 bits per heavy atom. The molecule has 2 aliphatic rings. The molecule has 1 aromatic heterocycles. The van der Waals surface area contributed by atoms with Crippen molar-refractivity contribution in [1.82, 2.24) is 5.43 Å². The molecule has 1 aromatic rings. The molecule has 0 saturated carbocycles. The fourth-order valence-electron chi connectivity index (χ4n) is 2.65. The van der Waals surface area contributed by atoms with Crippen molar-refractivity contribution in [1.29, 1.82) is 0 Å². The van der Waals surface area contributed by atoms with E-state index in [1.54, 1.807) is 23.8 Å². The number of hydrogen-bond donors (Lipinski definition) is 1. The third-order valence-electron chi connectivity index (χ3n) is 3.65. The highest BCUT2D eigenvalue weighted by Crippen LogP contribution is 2.30. The Morgan fingerprint density at radius 1 is 1.29 bits per heavy atom. The van der Waals surface area contributed by atoms with Crippen molar-refractivity contribution in [2.45, 2.75) is 44.7 Å². The third kappa shape index (κ3) is 3.10. The monoisotopic (exact) mass is 302 g/mol. The van der Waals surface area contributed by atoms with E-state index in [0.717, 1.165) is 29.9 Å². The predicted octanol–water partition coefficient (Wildman–Crippen LogP) is 2.56. The maximum absolute atomic E-state index is 11.1. The van der Waals surface area contributed by atoms with Crippen molar-refractivity contribution < 1.29 is 4.79 Å². The summed E-state index contributed by atoms with van der Waals surface area (Å²) in [6, 6.07) is 4.21. The standard InChI is InChI=1S/C15H18N4OS/c1-2-7-15(16-8-9-17-15)10-11-3-5-13(21-11)12-4-6-14(20)19-18-12/h3,5,8-9H,2,4,6-7,10H2,1H3,(H,19,20). The molecule has 2 aliphatic heterocycles. The summed E-state index contributed by atoms with van der Waals surface area (Å²) >= 11 is 1.72. The zero-order valence-corrected chi connectivity index (χ0v) is 12.8. The maximum atomic E-state index is 11.1. The van der Waals surface area contributed by atoms with Crippen LogP contribution in [-0.2, 0) is 11.2 Å². The summed E-state index contributed by atoms with van der Waals surface area (Å²) in [5.74, 6) is -0.00735. The second-order valence-corrected chi connectivity index (χ2v) is 6.49. The van der Waals surface area contributed by atoms with Gasteiger partial charge in [0.2, 0.25) is 5.91 Å². The highest BCUT2D eigenvalue weighted by atomic mass is 32.1. The van der Waals surface area contributed by atoms with Crippen LogP contribution in [0.3, 0.4) is 0 Å². The van der Waals surface area contributed by atoms with Gasteiger partial charge in [0.25, 0.3) is 0 Å². The van der Waals surface area contributed by atoms with E-state index in [4.69, 9.17) is 0 Å². The average Bonchev–Trinajstić information content (AvgIpc) is 3.11. The summed E-state index contributed by atoms with van der Waals surface area (Å²) in [5, 5.41) is 4.15. The number of thiophene rings is 1. The lowest BCUT2D eigenvalue weighted by Crippen LogP contribution is -2.25. The lowest BCUT2D eigenvalue weighted by molar-refractivity contribution is -0.121. The molecule has 21 heavy (non-hydrogen) atoms. The molecular weight excluding hydrogens is 284 g/mol. The molecule has 3 rings (SSSR count). The molecule has 1 N–H and O–H groups in total. The fourth-order valence-corrected chi connectivity index (χ4v) is 3.77. The van der Waals surface area contributed by atoms with E-state index in [-0.39, 0.29) is 11.6 Å². The first-order chi connectivity index (χ1) is 10.2. The van der Waals surface area contributed by atoms with E-state index in [9.17, 15) is 4.79 Å². The lowest BCUT2D eigenvalue weighted by Gasteiger charge is -2.21. The van der Waals surface area contributed by atoms with Crippen molar-refractivity contribution in [2.75, 3.05) is 0 Å². The summed E-state index contributed by atoms with van der Waals surface area (Å²) in [5.41, 5.74) is 3.21. The first-order valence-electron chi connectivity index (χ1n) is 7.24. The van der Waals surface area contributed by atoms with Gasteiger partial charge in [-0.3, -0.25) is 14.8 Å². The molecule has 6 heteroatoms. The van der Waals surface area contributed by atoms with Crippen LogP contribution in [-0.4, -0.2) is 29.7 Å². The van der Waals surface area contributed by atoms with E-state index in [2.05, 4.69) is 39.6 Å². The fraction of sp³-hybridized carbons (Fsp3) is 0.467. The molecule has 1 amide bonds. The van der Waals surface area contributed by atoms with Gasteiger partial charge in [-0.15, -0.1) is 11.3 Å². The molecule has 0 saturated heterocycles. The second kappa shape index (κ2) is 5.89. The Labute approximate surface area is 127 Å². The van der Waals surface area contributed by atoms with Crippen molar-refractivity contribution >= 4 is 35.4 Å². The van der Waals surface area contributed by atoms with Gasteiger partial charge in [-0.25, -0.2) is 5.43 Å². The van der Waals surface area contributed by atoms with E-state index < -0.39 is 0 Å². The zero-order chi connectivity index (χ0) is 14.7. The Bertz CT molecular complexity index is 617. The average molecular weight is 302 g/mol. The number of carbonyl (C=O) groups is 1. The quantitative estimate of drug-likeness (QED) is 0.892. The van der Waals surface area contributed by atoms with Gasteiger partial charge in [-0.1, -0.05) is 13.3 Å². The topological polar surface area (TPSA) is 66.2 Å². The minimum Gasteiger partial charge on any atom is -0.273 e. The lowest BCUT2D eigenvalue weighted by atomic mass is 10.0. The van der Waals surface area contributed by atoms with Gasteiger partial charge in [0.05, 0.1) is 10.6 Å². The molecule has 0 unspecified atom stereocenters. The van der Waals surface area contributed by atoms with Gasteiger partial charge in [-0.05, 0) is 18.6 Å². The number of carbonyl (C=O) groups excluding carboxylic acids is 1. The SMILES string of the molecule is CCCC1(Cc2ccc(C3=NNC(=O)CC3)s2)N=CC=N1. The molecule has 3 heterocycles. The van der Waals surface area contributed by atoms with Crippen LogP contribution in [0, 0.1) is 0 Å². The number of amides is 1. The minimum atomic E-state index is -0.306. The number of aliphatic imine (C=N–C) groups is 2. The first kappa shape index (κ1) is 14.1. The number of nitrogens with one attached hydrogen (secondary N) is 1. The number of nitrogens with zero attached hydrogens (tertiary/aromatic N) is 3. The molecular formula is C15H18N4OS. The molecule has 0 aromatic carbocycles. The van der Waals surface area contributed by atoms with Gasteiger partial charge >= 0.3 is 0 Å². The molecule has 5 nitrogen and oxygen atoms in total. The van der Waals surface area contributed by atoms with Gasteiger partial charge in [-0.2, -0.15) is 5.10 Å². The van der Waals surface area contributed by atoms with Gasteiger partial charge in [0.15, 0.2) is 5.66 Å². The van der Waals surface area contributed by atoms with Crippen molar-refractivity contribution in [2.24, 2.45) is 15.1 Å². The van der Waals surface area contributed by atoms with Crippen LogP contribution in [0.2, 0.25) is 0 Å². The second-order valence-electron chi connectivity index (χ2n) is 5.33. The van der Waals surface area contributed by atoms with E-state index in [1.807, 2.05) is 0 Å². The highest BCUT2D eigenvalue weighted by Gasteiger charge is 2.29. The molecule has 0 aliphatic carbocycles. The number of rotatable bonds is 5. The maximum Gasteiger partial charge on any atom is 0.240 e. The largest absolute Gasteiger partial charge is 0.273 e. The van der Waals surface area contributed by atoms with E-state index >= 15 is 0 Å². The van der Waals surface area contributed by atoms with Gasteiger partial charge < -0.3 is 0 Å². The van der Waals surface area contributed by atoms with Crippen molar-refractivity contribution in [3.8, 4) is 0 Å². The summed E-state index contributed by atoms with van der Waals surface area (Å²) in [6.45, 7) is 2.16. The van der Waals surface area contributed by atoms with Gasteiger partial charge in [0.1, 0.15) is 0 Å². The third-order valence-corrected chi connectivity index (χ3v) is 4.79. The zero-order valence-electron chi connectivity index (χ0n) is 12.0. The summed E-state index contributed by atoms with van der Waals surface area (Å²) in [7, 11) is 0. The first-order valence-corrected chi connectivity index (χ1v) is 8.06. The van der Waals surface area contributed by atoms with Crippen LogP contribution >= 0.6 is 11.3 Å². The molecule has 110 valence electrons. The molecule has 0 atom stereocenters. The van der Waals surface area contributed by atoms with Crippen LogP contribution in [0.1, 0.15) is 42.4 Å². The Balaban J connectivity index is 1.75. The van der Waals surface area contributed by atoms with Crippen LogP contribution in [0.15, 0.2) is 27.2 Å². The predicted molar refractivity (Wildman–Crippen MR) is 86.6 cm³/mol. The Hall–Kier alpha value is -1.82. The highest BCUT2D eigenvalue weighted by molar-refractivity contribution is 7.14. The minimum absolute atomic E-state index is 0.00735. The number of hydrogen-bond acceptors (Lipinski definition) is 5. The van der Waals surface area contributed by atoms with Crippen LogP contribution in [0.4, 0.5) is 0 Å². The smallest absolute Gasteiger partial charge is 0.240 e. The molecule has 0 spiro atoms. The van der Waals surface area contributed by atoms with Crippen molar-refractivity contribution in [3.05, 3.63) is 21.9 Å². The summed E-state index contributed by atoms with van der Waals surface area (Å²) < 4.78 is 0. The van der Waals surface area contributed by atoms with Crippen LogP contribution < -0.4 is 5.43 Å². The van der Waals surface area contributed by atoms with Crippen molar-refractivity contribution in [3.63, 3.8) is 0 Å². The van der Waals surface area contributed by atoms with Crippen LogP contribution in [0.25, 0.3) is 0 Å². The summed E-state index contributed by atoms with van der Waals surface area (Å²) in [6.07, 6.45) is 7.67. The molecule has 0 radical (unpaired) electrons. The normalized spacial score (nSPS) is 19.7. The van der Waals surface area contributed by atoms with Crippen LogP contribution in [0.5, 0.6) is 0 Å². The Morgan fingerprint density at radius 3 is 2.76 bits per heavy atom. The molecule has 0 bridgehead atoms. The summed E-state index contributed by atoms with van der Waals surface area (Å²) in [4.78, 5) is 22.6.